The van der Waals surface area contributed by atoms with Gasteiger partial charge in [-0.05, 0) is 24.5 Å². The maximum atomic E-state index is 11.0. The van der Waals surface area contributed by atoms with Crippen LogP contribution in [0.25, 0.3) is 0 Å². The van der Waals surface area contributed by atoms with Gasteiger partial charge in [-0.3, -0.25) is 4.79 Å². The standard InChI is InChI=1S/C11H14N2O2/c12-10-8(5-2-6-13-10)7-3-1-4-9(7)11(14)15/h2,5-7,9H,1,3-4H2,(H2,12,13)(H,14,15). The second-order valence-corrected chi connectivity index (χ2v) is 3.96. The Morgan fingerprint density at radius 1 is 1.53 bits per heavy atom. The number of aromatic nitrogens is 1. The molecule has 1 aromatic rings. The van der Waals surface area contributed by atoms with Crippen LogP contribution < -0.4 is 5.73 Å². The van der Waals surface area contributed by atoms with Gasteiger partial charge in [0.1, 0.15) is 5.82 Å². The summed E-state index contributed by atoms with van der Waals surface area (Å²) in [5.74, 6) is -0.510. The predicted molar refractivity (Wildman–Crippen MR) is 56.4 cm³/mol. The van der Waals surface area contributed by atoms with Gasteiger partial charge >= 0.3 is 5.97 Å². The predicted octanol–water partition coefficient (Wildman–Crippen LogP) is 1.63. The Morgan fingerprint density at radius 2 is 2.33 bits per heavy atom. The van der Waals surface area contributed by atoms with Crippen LogP contribution in [0.15, 0.2) is 18.3 Å². The normalized spacial score (nSPS) is 25.3. The van der Waals surface area contributed by atoms with Gasteiger partial charge in [0, 0.05) is 12.1 Å². The summed E-state index contributed by atoms with van der Waals surface area (Å²) in [5, 5.41) is 9.07. The van der Waals surface area contributed by atoms with Crippen LogP contribution in [-0.4, -0.2) is 16.1 Å². The van der Waals surface area contributed by atoms with Crippen molar-refractivity contribution >= 4 is 11.8 Å². The SMILES string of the molecule is Nc1ncccc1C1CCCC1C(=O)O. The molecule has 4 heteroatoms. The number of hydrogen-bond donors (Lipinski definition) is 2. The van der Waals surface area contributed by atoms with E-state index in [0.29, 0.717) is 5.82 Å². The second kappa shape index (κ2) is 3.88. The first-order chi connectivity index (χ1) is 7.20. The molecule has 3 N–H and O–H groups in total. The Hall–Kier alpha value is -1.58. The monoisotopic (exact) mass is 206 g/mol. The number of aliphatic carboxylic acids is 1. The molecule has 1 aromatic heterocycles. The van der Waals surface area contributed by atoms with Crippen LogP contribution in [0.1, 0.15) is 30.7 Å². The molecule has 0 spiro atoms. The number of carbonyl (C=O) groups is 1. The van der Waals surface area contributed by atoms with E-state index in [9.17, 15) is 4.79 Å². The lowest BCUT2D eigenvalue weighted by atomic mass is 9.89. The highest BCUT2D eigenvalue weighted by molar-refractivity contribution is 5.72. The van der Waals surface area contributed by atoms with Crippen LogP contribution in [0.2, 0.25) is 0 Å². The maximum Gasteiger partial charge on any atom is 0.307 e. The van der Waals surface area contributed by atoms with Gasteiger partial charge in [0.15, 0.2) is 0 Å². The van der Waals surface area contributed by atoms with E-state index in [2.05, 4.69) is 4.98 Å². The third-order valence-corrected chi connectivity index (χ3v) is 3.10. The van der Waals surface area contributed by atoms with Crippen molar-refractivity contribution in [3.05, 3.63) is 23.9 Å². The molecule has 1 fully saturated rings. The van der Waals surface area contributed by atoms with Crippen LogP contribution in [-0.2, 0) is 4.79 Å². The Labute approximate surface area is 88.1 Å². The molecule has 80 valence electrons. The molecule has 0 amide bonds. The van der Waals surface area contributed by atoms with Crippen LogP contribution in [0.4, 0.5) is 5.82 Å². The van der Waals surface area contributed by atoms with E-state index in [1.54, 1.807) is 6.20 Å². The van der Waals surface area contributed by atoms with Gasteiger partial charge in [0.05, 0.1) is 5.92 Å². The summed E-state index contributed by atoms with van der Waals surface area (Å²) in [7, 11) is 0. The van der Waals surface area contributed by atoms with Crippen LogP contribution in [0, 0.1) is 5.92 Å². The first-order valence-electron chi connectivity index (χ1n) is 5.13. The number of hydrogen-bond acceptors (Lipinski definition) is 3. The van der Waals surface area contributed by atoms with E-state index >= 15 is 0 Å². The average molecular weight is 206 g/mol. The second-order valence-electron chi connectivity index (χ2n) is 3.96. The summed E-state index contributed by atoms with van der Waals surface area (Å²) >= 11 is 0. The summed E-state index contributed by atoms with van der Waals surface area (Å²) in [6, 6.07) is 3.69. The van der Waals surface area contributed by atoms with Gasteiger partial charge in [-0.15, -0.1) is 0 Å². The minimum absolute atomic E-state index is 0.0381. The molecule has 1 saturated carbocycles. The molecule has 15 heavy (non-hydrogen) atoms. The molecular formula is C11H14N2O2. The summed E-state index contributed by atoms with van der Waals surface area (Å²) < 4.78 is 0. The third-order valence-electron chi connectivity index (χ3n) is 3.10. The minimum atomic E-state index is -0.722. The van der Waals surface area contributed by atoms with Crippen LogP contribution in [0.3, 0.4) is 0 Å². The fourth-order valence-corrected chi connectivity index (χ4v) is 2.37. The lowest BCUT2D eigenvalue weighted by Crippen LogP contribution is -2.18. The van der Waals surface area contributed by atoms with Crippen LogP contribution in [0.5, 0.6) is 0 Å². The highest BCUT2D eigenvalue weighted by atomic mass is 16.4. The zero-order valence-electron chi connectivity index (χ0n) is 8.39. The fraction of sp³-hybridized carbons (Fsp3) is 0.455. The number of carboxylic acids is 1. The van der Waals surface area contributed by atoms with Gasteiger partial charge in [0.25, 0.3) is 0 Å². The number of nitrogen functional groups attached to an aromatic ring is 1. The highest BCUT2D eigenvalue weighted by Crippen LogP contribution is 2.41. The van der Waals surface area contributed by atoms with Crippen molar-refractivity contribution in [2.24, 2.45) is 5.92 Å². The fourth-order valence-electron chi connectivity index (χ4n) is 2.37. The van der Waals surface area contributed by atoms with E-state index in [1.165, 1.54) is 0 Å². The van der Waals surface area contributed by atoms with Crippen molar-refractivity contribution in [3.8, 4) is 0 Å². The van der Waals surface area contributed by atoms with Crippen LogP contribution >= 0.6 is 0 Å². The molecule has 2 rings (SSSR count). The molecule has 2 atom stereocenters. The molecule has 0 aliphatic heterocycles. The molecule has 0 saturated heterocycles. The molecule has 4 nitrogen and oxygen atoms in total. The minimum Gasteiger partial charge on any atom is -0.481 e. The van der Waals surface area contributed by atoms with Gasteiger partial charge < -0.3 is 10.8 Å². The number of nitrogens with zero attached hydrogens (tertiary/aromatic N) is 1. The molecule has 1 aliphatic rings. The summed E-state index contributed by atoms with van der Waals surface area (Å²) in [6.45, 7) is 0. The van der Waals surface area contributed by atoms with Crippen molar-refractivity contribution in [2.45, 2.75) is 25.2 Å². The maximum absolute atomic E-state index is 11.0. The molecular weight excluding hydrogens is 192 g/mol. The Balaban J connectivity index is 2.30. The number of anilines is 1. The van der Waals surface area contributed by atoms with Gasteiger partial charge in [-0.1, -0.05) is 12.5 Å². The van der Waals surface area contributed by atoms with E-state index < -0.39 is 5.97 Å². The first-order valence-corrected chi connectivity index (χ1v) is 5.13. The molecule has 0 aromatic carbocycles. The molecule has 1 heterocycles. The number of pyridine rings is 1. The summed E-state index contributed by atoms with van der Waals surface area (Å²) in [4.78, 5) is 15.0. The van der Waals surface area contributed by atoms with Gasteiger partial charge in [-0.2, -0.15) is 0 Å². The van der Waals surface area contributed by atoms with E-state index in [1.807, 2.05) is 12.1 Å². The van der Waals surface area contributed by atoms with Gasteiger partial charge in [0.2, 0.25) is 0 Å². The van der Waals surface area contributed by atoms with Crippen molar-refractivity contribution in [1.29, 1.82) is 0 Å². The first kappa shape index (κ1) is 9.96. The van der Waals surface area contributed by atoms with Crippen molar-refractivity contribution in [2.75, 3.05) is 5.73 Å². The van der Waals surface area contributed by atoms with Crippen molar-refractivity contribution in [1.82, 2.24) is 4.98 Å². The molecule has 0 radical (unpaired) electrons. The van der Waals surface area contributed by atoms with Gasteiger partial charge in [-0.25, -0.2) is 4.98 Å². The lowest BCUT2D eigenvalue weighted by molar-refractivity contribution is -0.141. The van der Waals surface area contributed by atoms with Crippen molar-refractivity contribution < 1.29 is 9.90 Å². The van der Waals surface area contributed by atoms with Crippen molar-refractivity contribution in [3.63, 3.8) is 0 Å². The zero-order valence-corrected chi connectivity index (χ0v) is 8.39. The number of rotatable bonds is 2. The molecule has 2 unspecified atom stereocenters. The Morgan fingerprint density at radius 3 is 3.00 bits per heavy atom. The zero-order chi connectivity index (χ0) is 10.8. The number of carboxylic acid groups (broad SMARTS) is 1. The highest BCUT2D eigenvalue weighted by Gasteiger charge is 2.34. The van der Waals surface area contributed by atoms with E-state index in [-0.39, 0.29) is 11.8 Å². The quantitative estimate of drug-likeness (QED) is 0.771. The topological polar surface area (TPSA) is 76.2 Å². The van der Waals surface area contributed by atoms with E-state index in [0.717, 1.165) is 24.8 Å². The lowest BCUT2D eigenvalue weighted by Gasteiger charge is -2.16. The average Bonchev–Trinajstić information content (AvgIpc) is 2.67. The Bertz CT molecular complexity index is 379. The summed E-state index contributed by atoms with van der Waals surface area (Å²) in [6.07, 6.45) is 4.22. The molecule has 0 bridgehead atoms. The Kier molecular flexibility index (Phi) is 2.58. The smallest absolute Gasteiger partial charge is 0.307 e. The molecule has 1 aliphatic carbocycles. The summed E-state index contributed by atoms with van der Waals surface area (Å²) in [5.41, 5.74) is 6.65. The third kappa shape index (κ3) is 1.79. The largest absolute Gasteiger partial charge is 0.481 e. The van der Waals surface area contributed by atoms with E-state index in [4.69, 9.17) is 10.8 Å². The number of nitrogens with two attached hydrogens (primary N) is 1.